The molecule has 0 fully saturated rings. The zero-order valence-corrected chi connectivity index (χ0v) is 10.9. The number of carboxylic acid groups (broad SMARTS) is 1. The van der Waals surface area contributed by atoms with Crippen LogP contribution in [0.5, 0.6) is 0 Å². The van der Waals surface area contributed by atoms with Crippen LogP contribution in [-0.4, -0.2) is 17.0 Å². The first kappa shape index (κ1) is 14.5. The summed E-state index contributed by atoms with van der Waals surface area (Å²) >= 11 is 0. The predicted octanol–water partition coefficient (Wildman–Crippen LogP) is 3.18. The lowest BCUT2D eigenvalue weighted by molar-refractivity contribution is -0.131. The third kappa shape index (κ3) is 4.01. The summed E-state index contributed by atoms with van der Waals surface area (Å²) < 4.78 is 13.8. The Labute approximate surface area is 120 Å². The van der Waals surface area contributed by atoms with E-state index >= 15 is 0 Å². The summed E-state index contributed by atoms with van der Waals surface area (Å²) in [5.74, 6) is -2.11. The van der Waals surface area contributed by atoms with Crippen LogP contribution in [0.2, 0.25) is 0 Å². The SMILES string of the molecule is O=C(O)C=Cc1ccc(NC(=O)c2ccccc2)cc1F. The second-order valence-corrected chi connectivity index (χ2v) is 4.23. The highest BCUT2D eigenvalue weighted by molar-refractivity contribution is 6.04. The van der Waals surface area contributed by atoms with Crippen molar-refractivity contribution in [1.29, 1.82) is 0 Å². The van der Waals surface area contributed by atoms with Crippen molar-refractivity contribution in [3.05, 3.63) is 71.6 Å². The third-order valence-electron chi connectivity index (χ3n) is 2.70. The van der Waals surface area contributed by atoms with Crippen LogP contribution < -0.4 is 5.32 Å². The molecule has 106 valence electrons. The molecule has 4 nitrogen and oxygen atoms in total. The van der Waals surface area contributed by atoms with E-state index < -0.39 is 11.8 Å². The maximum atomic E-state index is 13.8. The first-order valence-electron chi connectivity index (χ1n) is 6.13. The van der Waals surface area contributed by atoms with Gasteiger partial charge in [-0.3, -0.25) is 4.79 Å². The molecule has 2 rings (SSSR count). The molecule has 0 spiro atoms. The molecule has 0 aromatic heterocycles. The molecule has 5 heteroatoms. The predicted molar refractivity (Wildman–Crippen MR) is 77.5 cm³/mol. The third-order valence-corrected chi connectivity index (χ3v) is 2.70. The highest BCUT2D eigenvalue weighted by atomic mass is 19.1. The first-order valence-corrected chi connectivity index (χ1v) is 6.13. The molecule has 2 aromatic rings. The van der Waals surface area contributed by atoms with Crippen LogP contribution >= 0.6 is 0 Å². The number of hydrogen-bond acceptors (Lipinski definition) is 2. The lowest BCUT2D eigenvalue weighted by Crippen LogP contribution is -2.11. The van der Waals surface area contributed by atoms with Gasteiger partial charge in [0.05, 0.1) is 0 Å². The van der Waals surface area contributed by atoms with Crippen LogP contribution in [0.1, 0.15) is 15.9 Å². The molecular formula is C16H12FNO3. The van der Waals surface area contributed by atoms with Crippen molar-refractivity contribution in [1.82, 2.24) is 0 Å². The minimum Gasteiger partial charge on any atom is -0.478 e. The Balaban J connectivity index is 2.14. The normalized spacial score (nSPS) is 10.5. The molecule has 0 bridgehead atoms. The molecule has 0 aliphatic heterocycles. The lowest BCUT2D eigenvalue weighted by Gasteiger charge is -2.06. The Morgan fingerprint density at radius 1 is 1.10 bits per heavy atom. The fourth-order valence-electron chi connectivity index (χ4n) is 1.69. The molecule has 0 radical (unpaired) electrons. The second kappa shape index (κ2) is 6.47. The number of amides is 1. The average Bonchev–Trinajstić information content (AvgIpc) is 2.47. The molecule has 0 heterocycles. The van der Waals surface area contributed by atoms with E-state index in [1.54, 1.807) is 30.3 Å². The van der Waals surface area contributed by atoms with Gasteiger partial charge in [-0.05, 0) is 36.4 Å². The molecule has 1 amide bonds. The van der Waals surface area contributed by atoms with E-state index in [1.807, 2.05) is 0 Å². The average molecular weight is 285 g/mol. The minimum atomic E-state index is -1.16. The van der Waals surface area contributed by atoms with Crippen LogP contribution in [0.15, 0.2) is 54.6 Å². The maximum absolute atomic E-state index is 13.8. The van der Waals surface area contributed by atoms with Gasteiger partial charge in [-0.2, -0.15) is 0 Å². The topological polar surface area (TPSA) is 66.4 Å². The van der Waals surface area contributed by atoms with E-state index in [-0.39, 0.29) is 11.5 Å². The molecular weight excluding hydrogens is 273 g/mol. The number of hydrogen-bond donors (Lipinski definition) is 2. The van der Waals surface area contributed by atoms with Gasteiger partial charge in [-0.1, -0.05) is 18.2 Å². The van der Waals surface area contributed by atoms with E-state index in [9.17, 15) is 14.0 Å². The Kier molecular flexibility index (Phi) is 4.46. The smallest absolute Gasteiger partial charge is 0.328 e. The number of anilines is 1. The number of halogens is 1. The number of carbonyl (C=O) groups excluding carboxylic acids is 1. The molecule has 2 N–H and O–H groups in total. The Morgan fingerprint density at radius 3 is 2.43 bits per heavy atom. The van der Waals surface area contributed by atoms with Gasteiger partial charge in [0, 0.05) is 22.9 Å². The standard InChI is InChI=1S/C16H12FNO3/c17-14-10-13(8-6-11(14)7-9-15(19)20)18-16(21)12-4-2-1-3-5-12/h1-10H,(H,18,21)(H,19,20). The number of carbonyl (C=O) groups is 2. The molecule has 0 saturated carbocycles. The number of benzene rings is 2. The second-order valence-electron chi connectivity index (χ2n) is 4.23. The number of nitrogens with one attached hydrogen (secondary N) is 1. The number of carboxylic acids is 1. The Hall–Kier alpha value is -2.95. The summed E-state index contributed by atoms with van der Waals surface area (Å²) in [6, 6.07) is 12.6. The summed E-state index contributed by atoms with van der Waals surface area (Å²) in [7, 11) is 0. The van der Waals surface area contributed by atoms with Crippen molar-refractivity contribution in [2.75, 3.05) is 5.32 Å². The summed E-state index contributed by atoms with van der Waals surface area (Å²) in [6.07, 6.45) is 2.00. The van der Waals surface area contributed by atoms with E-state index in [2.05, 4.69) is 5.32 Å². The minimum absolute atomic E-state index is 0.134. The van der Waals surface area contributed by atoms with Crippen LogP contribution in [0.3, 0.4) is 0 Å². The first-order chi connectivity index (χ1) is 10.1. The van der Waals surface area contributed by atoms with Crippen LogP contribution in [-0.2, 0) is 4.79 Å². The zero-order valence-electron chi connectivity index (χ0n) is 10.9. The van der Waals surface area contributed by atoms with Gasteiger partial charge in [0.25, 0.3) is 5.91 Å². The van der Waals surface area contributed by atoms with E-state index in [0.717, 1.165) is 18.2 Å². The lowest BCUT2D eigenvalue weighted by atomic mass is 10.1. The molecule has 2 aromatic carbocycles. The fraction of sp³-hybridized carbons (Fsp3) is 0. The summed E-state index contributed by atoms with van der Waals surface area (Å²) in [4.78, 5) is 22.3. The van der Waals surface area contributed by atoms with Crippen molar-refractivity contribution < 1.29 is 19.1 Å². The zero-order chi connectivity index (χ0) is 15.2. The van der Waals surface area contributed by atoms with Gasteiger partial charge in [0.15, 0.2) is 0 Å². The maximum Gasteiger partial charge on any atom is 0.328 e. The molecule has 0 aliphatic carbocycles. The molecule has 0 unspecified atom stereocenters. The fourth-order valence-corrected chi connectivity index (χ4v) is 1.69. The van der Waals surface area contributed by atoms with Crippen LogP contribution in [0.25, 0.3) is 6.08 Å². The van der Waals surface area contributed by atoms with Crippen molar-refractivity contribution in [2.24, 2.45) is 0 Å². The van der Waals surface area contributed by atoms with Crippen LogP contribution in [0.4, 0.5) is 10.1 Å². The number of rotatable bonds is 4. The van der Waals surface area contributed by atoms with Gasteiger partial charge in [-0.15, -0.1) is 0 Å². The molecule has 0 saturated heterocycles. The van der Waals surface area contributed by atoms with Crippen molar-refractivity contribution in [3.8, 4) is 0 Å². The number of aliphatic carboxylic acids is 1. The monoisotopic (exact) mass is 285 g/mol. The van der Waals surface area contributed by atoms with Gasteiger partial charge < -0.3 is 10.4 Å². The Bertz CT molecular complexity index is 696. The summed E-state index contributed by atoms with van der Waals surface area (Å²) in [5, 5.41) is 11.1. The highest BCUT2D eigenvalue weighted by Crippen LogP contribution is 2.16. The Morgan fingerprint density at radius 2 is 1.81 bits per heavy atom. The van der Waals surface area contributed by atoms with E-state index in [1.165, 1.54) is 12.1 Å². The van der Waals surface area contributed by atoms with Crippen molar-refractivity contribution in [3.63, 3.8) is 0 Å². The molecule has 0 atom stereocenters. The van der Waals surface area contributed by atoms with Gasteiger partial charge in [-0.25, -0.2) is 9.18 Å². The summed E-state index contributed by atoms with van der Waals surface area (Å²) in [5.41, 5.74) is 0.900. The van der Waals surface area contributed by atoms with Crippen molar-refractivity contribution in [2.45, 2.75) is 0 Å². The molecule has 21 heavy (non-hydrogen) atoms. The van der Waals surface area contributed by atoms with Crippen LogP contribution in [0, 0.1) is 5.82 Å². The van der Waals surface area contributed by atoms with Gasteiger partial charge in [0.1, 0.15) is 5.82 Å². The largest absolute Gasteiger partial charge is 0.478 e. The molecule has 0 aliphatic rings. The highest BCUT2D eigenvalue weighted by Gasteiger charge is 2.07. The van der Waals surface area contributed by atoms with Crippen molar-refractivity contribution >= 4 is 23.6 Å². The summed E-state index contributed by atoms with van der Waals surface area (Å²) in [6.45, 7) is 0. The van der Waals surface area contributed by atoms with Gasteiger partial charge >= 0.3 is 5.97 Å². The quantitative estimate of drug-likeness (QED) is 0.848. The van der Waals surface area contributed by atoms with Gasteiger partial charge in [0.2, 0.25) is 0 Å². The van der Waals surface area contributed by atoms with E-state index in [0.29, 0.717) is 11.3 Å². The van der Waals surface area contributed by atoms with E-state index in [4.69, 9.17) is 5.11 Å².